The summed E-state index contributed by atoms with van der Waals surface area (Å²) in [5.74, 6) is -1.38. The second-order valence-corrected chi connectivity index (χ2v) is 4.58. The van der Waals surface area contributed by atoms with E-state index in [0.29, 0.717) is 0 Å². The minimum absolute atomic E-state index is 0.105. The molecule has 2 N–H and O–H groups in total. The van der Waals surface area contributed by atoms with Gasteiger partial charge < -0.3 is 24.4 Å². The third-order valence-electron chi connectivity index (χ3n) is 3.06. The predicted molar refractivity (Wildman–Crippen MR) is 69.7 cm³/mol. The normalized spacial score (nSPS) is 15.6. The number of amides is 1. The first-order chi connectivity index (χ1) is 10.3. The van der Waals surface area contributed by atoms with Gasteiger partial charge in [0.05, 0.1) is 18.8 Å². The molecule has 0 saturated carbocycles. The van der Waals surface area contributed by atoms with Crippen LogP contribution in [-0.4, -0.2) is 60.6 Å². The molecule has 1 fully saturated rings. The summed E-state index contributed by atoms with van der Waals surface area (Å²) in [5.41, 5.74) is -0.490. The van der Waals surface area contributed by atoms with Crippen LogP contribution in [0, 0.1) is 0 Å². The molecule has 0 radical (unpaired) electrons. The number of ether oxygens (including phenoxy) is 2. The van der Waals surface area contributed by atoms with E-state index in [1.54, 1.807) is 0 Å². The number of carbonyl (C=O) groups excluding carboxylic acids is 1. The van der Waals surface area contributed by atoms with E-state index in [1.807, 2.05) is 0 Å². The number of benzene rings is 1. The number of morpholine rings is 1. The third kappa shape index (κ3) is 4.12. The average Bonchev–Trinajstić information content (AvgIpc) is 2.46. The molecule has 2 rings (SSSR count). The first-order valence-corrected chi connectivity index (χ1v) is 6.41. The van der Waals surface area contributed by atoms with E-state index in [9.17, 15) is 18.0 Å². The largest absolute Gasteiger partial charge is 0.573 e. The molecule has 1 heterocycles. The molecule has 120 valence electrons. The van der Waals surface area contributed by atoms with E-state index in [1.165, 1.54) is 4.90 Å². The number of nitrogens with zero attached hydrogens (tertiary/aromatic N) is 1. The predicted octanol–water partition coefficient (Wildman–Crippen LogP) is -0.263. The molecule has 0 spiro atoms. The maximum absolute atomic E-state index is 12.4. The summed E-state index contributed by atoms with van der Waals surface area (Å²) in [4.78, 5) is 13.7. The first-order valence-electron chi connectivity index (χ1n) is 6.41. The van der Waals surface area contributed by atoms with E-state index in [4.69, 9.17) is 14.8 Å². The van der Waals surface area contributed by atoms with Gasteiger partial charge in [-0.1, -0.05) is 6.07 Å². The highest BCUT2D eigenvalue weighted by Crippen LogP contribution is 2.27. The van der Waals surface area contributed by atoms with Crippen LogP contribution in [0.3, 0.4) is 0 Å². The van der Waals surface area contributed by atoms with Crippen molar-refractivity contribution in [3.05, 3.63) is 23.8 Å². The van der Waals surface area contributed by atoms with Crippen molar-refractivity contribution in [2.24, 2.45) is 0 Å². The maximum atomic E-state index is 12.4. The summed E-state index contributed by atoms with van der Waals surface area (Å²) < 4.78 is 46.2. The third-order valence-corrected chi connectivity index (χ3v) is 3.06. The molecule has 0 unspecified atom stereocenters. The number of carbonyl (C=O) groups is 1. The monoisotopic (exact) mass is 319 g/mol. The molecule has 0 aliphatic carbocycles. The lowest BCUT2D eigenvalue weighted by molar-refractivity contribution is -0.274. The van der Waals surface area contributed by atoms with Crippen molar-refractivity contribution < 1.29 is 37.5 Å². The highest BCUT2D eigenvalue weighted by atomic mass is 19.4. The molecule has 10 heteroatoms. The Bertz CT molecular complexity index is 546. The standard InChI is InChI=1S/C12H13BF3NO5/c14-12(15,16)22-10-2-1-8(13(19)20)7-9(10)11(18)17-3-5-21-6-4-17/h1-2,7,19-20H,3-6H2. The SMILES string of the molecule is O=C(c1cc(B(O)O)ccc1OC(F)(F)F)N1CCOCC1. The fraction of sp³-hybridized carbons (Fsp3) is 0.417. The molecule has 1 amide bonds. The Morgan fingerprint density at radius 1 is 1.27 bits per heavy atom. The van der Waals surface area contributed by atoms with Crippen LogP contribution in [0.1, 0.15) is 10.4 Å². The number of halogens is 3. The van der Waals surface area contributed by atoms with Gasteiger partial charge in [-0.15, -0.1) is 13.2 Å². The lowest BCUT2D eigenvalue weighted by atomic mass is 9.79. The summed E-state index contributed by atoms with van der Waals surface area (Å²) in [7, 11) is -1.91. The zero-order chi connectivity index (χ0) is 16.3. The van der Waals surface area contributed by atoms with Gasteiger partial charge in [-0.25, -0.2) is 0 Å². The Morgan fingerprint density at radius 3 is 2.45 bits per heavy atom. The van der Waals surface area contributed by atoms with Crippen LogP contribution >= 0.6 is 0 Å². The van der Waals surface area contributed by atoms with Crippen molar-refractivity contribution in [3.8, 4) is 5.75 Å². The van der Waals surface area contributed by atoms with Gasteiger partial charge in [0.15, 0.2) is 0 Å². The summed E-state index contributed by atoms with van der Waals surface area (Å²) in [6.45, 7) is 1.03. The zero-order valence-corrected chi connectivity index (χ0v) is 11.3. The van der Waals surface area contributed by atoms with Crippen LogP contribution in [0.25, 0.3) is 0 Å². The zero-order valence-electron chi connectivity index (χ0n) is 11.3. The van der Waals surface area contributed by atoms with Gasteiger partial charge in [0.1, 0.15) is 5.75 Å². The highest BCUT2D eigenvalue weighted by Gasteiger charge is 2.34. The molecule has 1 saturated heterocycles. The van der Waals surface area contributed by atoms with Crippen molar-refractivity contribution in [2.45, 2.75) is 6.36 Å². The lowest BCUT2D eigenvalue weighted by Gasteiger charge is -2.27. The van der Waals surface area contributed by atoms with Crippen LogP contribution in [0.15, 0.2) is 18.2 Å². The van der Waals surface area contributed by atoms with E-state index in [0.717, 1.165) is 18.2 Å². The minimum Gasteiger partial charge on any atom is -0.423 e. The molecule has 1 aromatic carbocycles. The maximum Gasteiger partial charge on any atom is 0.573 e. The highest BCUT2D eigenvalue weighted by molar-refractivity contribution is 6.58. The van der Waals surface area contributed by atoms with Gasteiger partial charge in [-0.3, -0.25) is 4.79 Å². The molecule has 1 aliphatic rings. The average molecular weight is 319 g/mol. The molecular weight excluding hydrogens is 306 g/mol. The van der Waals surface area contributed by atoms with Crippen molar-refractivity contribution >= 4 is 18.5 Å². The van der Waals surface area contributed by atoms with Crippen molar-refractivity contribution in [1.82, 2.24) is 4.90 Å². The Morgan fingerprint density at radius 2 is 1.91 bits per heavy atom. The topological polar surface area (TPSA) is 79.2 Å². The molecule has 0 aromatic heterocycles. The van der Waals surface area contributed by atoms with Crippen LogP contribution in [0.5, 0.6) is 5.75 Å². The molecule has 6 nitrogen and oxygen atoms in total. The summed E-state index contributed by atoms with van der Waals surface area (Å²) in [6.07, 6.45) is -4.96. The Balaban J connectivity index is 2.35. The summed E-state index contributed by atoms with van der Waals surface area (Å²) in [5, 5.41) is 18.2. The Hall–Kier alpha value is -1.78. The minimum atomic E-state index is -4.96. The summed E-state index contributed by atoms with van der Waals surface area (Å²) >= 11 is 0. The van der Waals surface area contributed by atoms with Crippen LogP contribution in [0.4, 0.5) is 13.2 Å². The number of rotatable bonds is 3. The molecule has 0 atom stereocenters. The van der Waals surface area contributed by atoms with Crippen LogP contribution in [0.2, 0.25) is 0 Å². The number of hydrogen-bond donors (Lipinski definition) is 2. The van der Waals surface area contributed by atoms with Crippen LogP contribution < -0.4 is 10.2 Å². The van der Waals surface area contributed by atoms with E-state index in [2.05, 4.69) is 4.74 Å². The van der Waals surface area contributed by atoms with Crippen molar-refractivity contribution in [2.75, 3.05) is 26.3 Å². The van der Waals surface area contributed by atoms with Gasteiger partial charge in [0.25, 0.3) is 5.91 Å². The first kappa shape index (κ1) is 16.6. The van der Waals surface area contributed by atoms with Gasteiger partial charge >= 0.3 is 13.5 Å². The quantitative estimate of drug-likeness (QED) is 0.751. The van der Waals surface area contributed by atoms with E-state index < -0.39 is 25.1 Å². The van der Waals surface area contributed by atoms with Crippen molar-refractivity contribution in [3.63, 3.8) is 0 Å². The molecular formula is C12H13BF3NO5. The molecule has 0 bridgehead atoms. The van der Waals surface area contributed by atoms with Crippen LogP contribution in [-0.2, 0) is 4.74 Å². The molecule has 1 aromatic rings. The lowest BCUT2D eigenvalue weighted by Crippen LogP contribution is -2.41. The fourth-order valence-corrected chi connectivity index (χ4v) is 2.03. The van der Waals surface area contributed by atoms with Gasteiger partial charge in [0, 0.05) is 13.1 Å². The van der Waals surface area contributed by atoms with Gasteiger partial charge in [0.2, 0.25) is 0 Å². The summed E-state index contributed by atoms with van der Waals surface area (Å²) in [6, 6.07) is 2.90. The second kappa shape index (κ2) is 6.55. The second-order valence-electron chi connectivity index (χ2n) is 4.58. The molecule has 1 aliphatic heterocycles. The molecule has 22 heavy (non-hydrogen) atoms. The number of hydrogen-bond acceptors (Lipinski definition) is 5. The fourth-order valence-electron chi connectivity index (χ4n) is 2.03. The van der Waals surface area contributed by atoms with Gasteiger partial charge in [-0.2, -0.15) is 0 Å². The van der Waals surface area contributed by atoms with E-state index >= 15 is 0 Å². The smallest absolute Gasteiger partial charge is 0.423 e. The van der Waals surface area contributed by atoms with Crippen molar-refractivity contribution in [1.29, 1.82) is 0 Å². The number of alkyl halides is 3. The van der Waals surface area contributed by atoms with E-state index in [-0.39, 0.29) is 37.3 Å². The Kier molecular flexibility index (Phi) is 4.94. The van der Waals surface area contributed by atoms with Gasteiger partial charge in [-0.05, 0) is 17.6 Å². The Labute approximate surface area is 124 Å².